The van der Waals surface area contributed by atoms with E-state index in [1.165, 1.54) is 19.3 Å². The summed E-state index contributed by atoms with van der Waals surface area (Å²) in [6.45, 7) is 6.85. The minimum atomic E-state index is -0.646. The Bertz CT molecular complexity index is 267. The minimum Gasteiger partial charge on any atom is -0.481 e. The van der Waals surface area contributed by atoms with Crippen LogP contribution in [0.15, 0.2) is 0 Å². The van der Waals surface area contributed by atoms with Crippen molar-refractivity contribution in [1.29, 1.82) is 0 Å². The van der Waals surface area contributed by atoms with Gasteiger partial charge in [-0.1, -0.05) is 13.3 Å². The first-order chi connectivity index (χ1) is 7.55. The zero-order chi connectivity index (χ0) is 11.8. The summed E-state index contributed by atoms with van der Waals surface area (Å²) in [6.07, 6.45) is 4.81. The van der Waals surface area contributed by atoms with Crippen LogP contribution in [0.1, 0.15) is 39.5 Å². The van der Waals surface area contributed by atoms with Gasteiger partial charge in [-0.15, -0.1) is 0 Å². The maximum Gasteiger partial charge on any atom is 0.310 e. The number of fused-ring (bicyclic) bond motifs is 1. The highest BCUT2D eigenvalue weighted by molar-refractivity contribution is 5.74. The van der Waals surface area contributed by atoms with E-state index in [4.69, 9.17) is 0 Å². The molecule has 0 spiro atoms. The molecule has 2 fully saturated rings. The second-order valence-electron chi connectivity index (χ2n) is 5.86. The summed E-state index contributed by atoms with van der Waals surface area (Å²) in [6, 6.07) is 0. The molecule has 1 saturated carbocycles. The number of hydrogen-bond acceptors (Lipinski definition) is 2. The van der Waals surface area contributed by atoms with Crippen molar-refractivity contribution < 1.29 is 9.90 Å². The highest BCUT2D eigenvalue weighted by Crippen LogP contribution is 2.39. The number of rotatable bonds is 4. The number of aliphatic carboxylic acids is 1. The lowest BCUT2D eigenvalue weighted by Crippen LogP contribution is -2.40. The molecule has 0 amide bonds. The van der Waals surface area contributed by atoms with E-state index in [1.54, 1.807) is 0 Å². The summed E-state index contributed by atoms with van der Waals surface area (Å²) in [4.78, 5) is 13.6. The Morgan fingerprint density at radius 2 is 1.94 bits per heavy atom. The molecule has 16 heavy (non-hydrogen) atoms. The number of nitrogens with zero attached hydrogens (tertiary/aromatic N) is 1. The van der Waals surface area contributed by atoms with Gasteiger partial charge in [0, 0.05) is 19.6 Å². The molecular formula is C13H23NO2. The highest BCUT2D eigenvalue weighted by atomic mass is 16.4. The quantitative estimate of drug-likeness (QED) is 0.797. The average Bonchev–Trinajstić information content (AvgIpc) is 2.77. The summed E-state index contributed by atoms with van der Waals surface area (Å²) in [5.41, 5.74) is -0.557. The van der Waals surface area contributed by atoms with Gasteiger partial charge in [0.05, 0.1) is 5.41 Å². The molecule has 3 nitrogen and oxygen atoms in total. The molecule has 1 heterocycles. The van der Waals surface area contributed by atoms with Gasteiger partial charge in [0.15, 0.2) is 0 Å². The maximum absolute atomic E-state index is 11.3. The fraction of sp³-hybridized carbons (Fsp3) is 0.923. The number of carboxylic acids is 1. The van der Waals surface area contributed by atoms with E-state index in [1.807, 2.05) is 13.8 Å². The van der Waals surface area contributed by atoms with Gasteiger partial charge in [-0.2, -0.15) is 0 Å². The molecule has 2 aliphatic rings. The monoisotopic (exact) mass is 225 g/mol. The first-order valence-corrected chi connectivity index (χ1v) is 6.51. The Labute approximate surface area is 97.8 Å². The molecule has 0 radical (unpaired) electrons. The third-order valence-corrected chi connectivity index (χ3v) is 4.67. The van der Waals surface area contributed by atoms with Gasteiger partial charge in [-0.05, 0) is 38.0 Å². The Morgan fingerprint density at radius 3 is 2.38 bits per heavy atom. The van der Waals surface area contributed by atoms with E-state index in [0.29, 0.717) is 6.42 Å². The van der Waals surface area contributed by atoms with Crippen LogP contribution in [0.3, 0.4) is 0 Å². The first kappa shape index (κ1) is 11.9. The van der Waals surface area contributed by atoms with E-state index >= 15 is 0 Å². The standard InChI is InChI=1S/C13H23NO2/c1-3-13(2,12(15)16)9-14-7-10-5-4-6-11(10)8-14/h10-11H,3-9H2,1-2H3,(H,15,16). The molecular weight excluding hydrogens is 202 g/mol. The molecule has 92 valence electrons. The smallest absolute Gasteiger partial charge is 0.310 e. The molecule has 3 heteroatoms. The van der Waals surface area contributed by atoms with Crippen LogP contribution in [0.4, 0.5) is 0 Å². The SMILES string of the molecule is CCC(C)(CN1CC2CCCC2C1)C(=O)O. The normalized spacial score (nSPS) is 33.6. The van der Waals surface area contributed by atoms with E-state index in [9.17, 15) is 9.90 Å². The lowest BCUT2D eigenvalue weighted by atomic mass is 9.87. The van der Waals surface area contributed by atoms with Crippen LogP contribution >= 0.6 is 0 Å². The van der Waals surface area contributed by atoms with Crippen molar-refractivity contribution in [2.45, 2.75) is 39.5 Å². The maximum atomic E-state index is 11.3. The van der Waals surface area contributed by atoms with Crippen LogP contribution < -0.4 is 0 Å². The van der Waals surface area contributed by atoms with Crippen molar-refractivity contribution in [2.75, 3.05) is 19.6 Å². The predicted octanol–water partition coefficient (Wildman–Crippen LogP) is 2.22. The topological polar surface area (TPSA) is 40.5 Å². The largest absolute Gasteiger partial charge is 0.481 e. The third-order valence-electron chi connectivity index (χ3n) is 4.67. The van der Waals surface area contributed by atoms with Crippen LogP contribution in [0, 0.1) is 17.3 Å². The molecule has 1 saturated heterocycles. The van der Waals surface area contributed by atoms with E-state index in [0.717, 1.165) is 31.5 Å². The molecule has 1 aliphatic heterocycles. The van der Waals surface area contributed by atoms with Gasteiger partial charge < -0.3 is 10.0 Å². The van der Waals surface area contributed by atoms with Gasteiger partial charge in [-0.3, -0.25) is 4.79 Å². The van der Waals surface area contributed by atoms with Crippen molar-refractivity contribution in [3.63, 3.8) is 0 Å². The van der Waals surface area contributed by atoms with Crippen LogP contribution in [0.2, 0.25) is 0 Å². The second-order valence-corrected chi connectivity index (χ2v) is 5.86. The van der Waals surface area contributed by atoms with Crippen LogP contribution in [0.25, 0.3) is 0 Å². The van der Waals surface area contributed by atoms with Crippen LogP contribution in [-0.4, -0.2) is 35.6 Å². The Balaban J connectivity index is 1.93. The van der Waals surface area contributed by atoms with Crippen molar-refractivity contribution in [3.05, 3.63) is 0 Å². The average molecular weight is 225 g/mol. The summed E-state index contributed by atoms with van der Waals surface area (Å²) in [5.74, 6) is 1.07. The lowest BCUT2D eigenvalue weighted by Gasteiger charge is -2.29. The molecule has 1 aliphatic carbocycles. The lowest BCUT2D eigenvalue weighted by molar-refractivity contribution is -0.149. The molecule has 0 bridgehead atoms. The summed E-state index contributed by atoms with van der Waals surface area (Å²) in [5, 5.41) is 9.27. The zero-order valence-corrected chi connectivity index (χ0v) is 10.4. The number of carbonyl (C=O) groups is 1. The molecule has 0 aromatic carbocycles. The Morgan fingerprint density at radius 1 is 1.38 bits per heavy atom. The van der Waals surface area contributed by atoms with Gasteiger partial charge in [0.1, 0.15) is 0 Å². The molecule has 3 unspecified atom stereocenters. The molecule has 2 rings (SSSR count). The number of carboxylic acid groups (broad SMARTS) is 1. The fourth-order valence-corrected chi connectivity index (χ4v) is 3.29. The number of hydrogen-bond donors (Lipinski definition) is 1. The molecule has 0 aromatic rings. The summed E-state index contributed by atoms with van der Waals surface area (Å²) in [7, 11) is 0. The highest BCUT2D eigenvalue weighted by Gasteiger charge is 2.40. The Hall–Kier alpha value is -0.570. The van der Waals surface area contributed by atoms with E-state index in [2.05, 4.69) is 4.90 Å². The third kappa shape index (κ3) is 2.10. The van der Waals surface area contributed by atoms with Crippen molar-refractivity contribution >= 4 is 5.97 Å². The van der Waals surface area contributed by atoms with Gasteiger partial charge in [-0.25, -0.2) is 0 Å². The number of likely N-dealkylation sites (tertiary alicyclic amines) is 1. The Kier molecular flexibility index (Phi) is 3.24. The van der Waals surface area contributed by atoms with E-state index < -0.39 is 11.4 Å². The minimum absolute atomic E-state index is 0.557. The van der Waals surface area contributed by atoms with Crippen LogP contribution in [0.5, 0.6) is 0 Å². The van der Waals surface area contributed by atoms with Crippen molar-refractivity contribution in [2.24, 2.45) is 17.3 Å². The van der Waals surface area contributed by atoms with Gasteiger partial charge >= 0.3 is 5.97 Å². The second kappa shape index (κ2) is 4.36. The van der Waals surface area contributed by atoms with Crippen molar-refractivity contribution in [1.82, 2.24) is 4.90 Å². The fourth-order valence-electron chi connectivity index (χ4n) is 3.29. The molecule has 0 aromatic heterocycles. The molecule has 3 atom stereocenters. The van der Waals surface area contributed by atoms with Crippen LogP contribution in [-0.2, 0) is 4.79 Å². The van der Waals surface area contributed by atoms with E-state index in [-0.39, 0.29) is 0 Å². The summed E-state index contributed by atoms with van der Waals surface area (Å²) >= 11 is 0. The van der Waals surface area contributed by atoms with Gasteiger partial charge in [0.25, 0.3) is 0 Å². The predicted molar refractivity (Wildman–Crippen MR) is 63.3 cm³/mol. The van der Waals surface area contributed by atoms with Gasteiger partial charge in [0.2, 0.25) is 0 Å². The summed E-state index contributed by atoms with van der Waals surface area (Å²) < 4.78 is 0. The molecule has 1 N–H and O–H groups in total. The van der Waals surface area contributed by atoms with Crippen molar-refractivity contribution in [3.8, 4) is 0 Å². The zero-order valence-electron chi connectivity index (χ0n) is 10.4. The first-order valence-electron chi connectivity index (χ1n) is 6.51.